The summed E-state index contributed by atoms with van der Waals surface area (Å²) in [6.45, 7) is -0.672. The van der Waals surface area contributed by atoms with Crippen molar-refractivity contribution in [3.63, 3.8) is 0 Å². The van der Waals surface area contributed by atoms with Gasteiger partial charge in [0.2, 0.25) is 5.91 Å². The number of rotatable bonds is 6. The van der Waals surface area contributed by atoms with Gasteiger partial charge in [0.1, 0.15) is 6.04 Å². The number of amides is 2. The molecule has 1 unspecified atom stereocenters. The van der Waals surface area contributed by atoms with Crippen molar-refractivity contribution < 1.29 is 27.9 Å². The van der Waals surface area contributed by atoms with Crippen molar-refractivity contribution >= 4 is 11.8 Å². The minimum absolute atomic E-state index is 0.0431. The van der Waals surface area contributed by atoms with Crippen LogP contribution in [0.2, 0.25) is 0 Å². The summed E-state index contributed by atoms with van der Waals surface area (Å²) in [7, 11) is 0. The van der Waals surface area contributed by atoms with Crippen molar-refractivity contribution in [2.45, 2.75) is 18.8 Å². The Morgan fingerprint density at radius 2 is 1.69 bits per heavy atom. The van der Waals surface area contributed by atoms with E-state index in [0.29, 0.717) is 5.56 Å². The molecule has 2 rings (SSSR count). The van der Waals surface area contributed by atoms with Crippen molar-refractivity contribution in [2.75, 3.05) is 6.61 Å². The maximum atomic E-state index is 12.5. The molecule has 0 bridgehead atoms. The average molecular weight is 367 g/mol. The van der Waals surface area contributed by atoms with E-state index >= 15 is 0 Å². The zero-order valence-electron chi connectivity index (χ0n) is 13.5. The van der Waals surface area contributed by atoms with Crippen molar-refractivity contribution in [1.82, 2.24) is 15.6 Å². The summed E-state index contributed by atoms with van der Waals surface area (Å²) in [5.41, 5.74) is -0.0667. The summed E-state index contributed by atoms with van der Waals surface area (Å²) in [5, 5.41) is 14.1. The number of hydrogen-bond donors (Lipinski definition) is 3. The second-order valence-electron chi connectivity index (χ2n) is 5.36. The van der Waals surface area contributed by atoms with Crippen LogP contribution < -0.4 is 10.6 Å². The molecular weight excluding hydrogens is 351 g/mol. The van der Waals surface area contributed by atoms with Crippen LogP contribution in [0.3, 0.4) is 0 Å². The Hall–Kier alpha value is -2.94. The zero-order valence-corrected chi connectivity index (χ0v) is 13.5. The molecule has 1 atom stereocenters. The van der Waals surface area contributed by atoms with Crippen LogP contribution in [0, 0.1) is 0 Å². The first-order chi connectivity index (χ1) is 12.3. The zero-order chi connectivity index (χ0) is 19.2. The lowest BCUT2D eigenvalue weighted by Gasteiger charge is -2.16. The van der Waals surface area contributed by atoms with Gasteiger partial charge in [-0.2, -0.15) is 13.2 Å². The van der Waals surface area contributed by atoms with E-state index in [-0.39, 0.29) is 12.1 Å². The van der Waals surface area contributed by atoms with Gasteiger partial charge in [-0.3, -0.25) is 14.6 Å². The topological polar surface area (TPSA) is 91.3 Å². The number of pyridine rings is 1. The number of aliphatic hydroxyl groups is 1. The van der Waals surface area contributed by atoms with Crippen LogP contribution >= 0.6 is 0 Å². The van der Waals surface area contributed by atoms with Gasteiger partial charge in [-0.1, -0.05) is 12.1 Å². The number of benzene rings is 1. The van der Waals surface area contributed by atoms with E-state index in [1.165, 1.54) is 36.7 Å². The lowest BCUT2D eigenvalue weighted by Crippen LogP contribution is -2.48. The minimum atomic E-state index is -4.43. The average Bonchev–Trinajstić information content (AvgIpc) is 2.64. The molecule has 1 aromatic heterocycles. The van der Waals surface area contributed by atoms with Gasteiger partial charge >= 0.3 is 6.18 Å². The number of halogens is 3. The molecule has 2 amide bonds. The van der Waals surface area contributed by atoms with E-state index in [0.717, 1.165) is 12.1 Å². The highest BCUT2D eigenvalue weighted by Gasteiger charge is 2.30. The number of carbonyl (C=O) groups excluding carboxylic acids is 2. The third-order valence-electron chi connectivity index (χ3n) is 3.49. The molecule has 0 saturated carbocycles. The molecule has 3 N–H and O–H groups in total. The van der Waals surface area contributed by atoms with Gasteiger partial charge in [0.25, 0.3) is 5.91 Å². The van der Waals surface area contributed by atoms with Crippen LogP contribution in [0.1, 0.15) is 21.5 Å². The first-order valence-corrected chi connectivity index (χ1v) is 7.57. The number of carbonyl (C=O) groups is 2. The van der Waals surface area contributed by atoms with Crippen molar-refractivity contribution in [2.24, 2.45) is 0 Å². The normalized spacial score (nSPS) is 12.3. The summed E-state index contributed by atoms with van der Waals surface area (Å²) >= 11 is 0. The quantitative estimate of drug-likeness (QED) is 0.722. The molecule has 6 nitrogen and oxygen atoms in total. The van der Waals surface area contributed by atoms with Crippen LogP contribution in [0.5, 0.6) is 0 Å². The van der Waals surface area contributed by atoms with Crippen LogP contribution in [-0.2, 0) is 17.5 Å². The second-order valence-corrected chi connectivity index (χ2v) is 5.36. The summed E-state index contributed by atoms with van der Waals surface area (Å²) in [5.74, 6) is -1.22. The number of aromatic nitrogens is 1. The summed E-state index contributed by atoms with van der Waals surface area (Å²) in [6.07, 6.45) is -1.61. The maximum absolute atomic E-state index is 12.5. The number of aliphatic hydroxyl groups excluding tert-OH is 1. The smallest absolute Gasteiger partial charge is 0.394 e. The lowest BCUT2D eigenvalue weighted by atomic mass is 10.1. The van der Waals surface area contributed by atoms with E-state index < -0.39 is 36.2 Å². The highest BCUT2D eigenvalue weighted by molar-refractivity contribution is 5.97. The predicted octanol–water partition coefficient (Wildman–Crippen LogP) is 1.51. The molecule has 9 heteroatoms. The first-order valence-electron chi connectivity index (χ1n) is 7.57. The van der Waals surface area contributed by atoms with E-state index in [9.17, 15) is 27.9 Å². The summed E-state index contributed by atoms with van der Waals surface area (Å²) in [4.78, 5) is 27.8. The van der Waals surface area contributed by atoms with E-state index in [4.69, 9.17) is 0 Å². The Balaban J connectivity index is 1.92. The molecule has 138 valence electrons. The fourth-order valence-corrected chi connectivity index (χ4v) is 2.06. The fourth-order valence-electron chi connectivity index (χ4n) is 2.06. The van der Waals surface area contributed by atoms with Crippen LogP contribution in [-0.4, -0.2) is 34.6 Å². The van der Waals surface area contributed by atoms with E-state index in [1.54, 1.807) is 0 Å². The summed E-state index contributed by atoms with van der Waals surface area (Å²) < 4.78 is 37.5. The van der Waals surface area contributed by atoms with Gasteiger partial charge in [0, 0.05) is 24.5 Å². The van der Waals surface area contributed by atoms with Crippen LogP contribution in [0.25, 0.3) is 0 Å². The monoisotopic (exact) mass is 367 g/mol. The van der Waals surface area contributed by atoms with Crippen molar-refractivity contribution in [3.8, 4) is 0 Å². The third kappa shape index (κ3) is 5.28. The molecule has 0 aliphatic carbocycles. The molecule has 0 aliphatic heterocycles. The largest absolute Gasteiger partial charge is 0.416 e. The Bertz CT molecular complexity index is 749. The Morgan fingerprint density at radius 1 is 1.08 bits per heavy atom. The standard InChI is InChI=1S/C17H16F3N3O3/c18-17(19,20)13-3-1-11(2-4-13)9-22-16(26)14(10-24)23-15(25)12-5-7-21-8-6-12/h1-8,14,24H,9-10H2,(H,22,26)(H,23,25). The van der Waals surface area contributed by atoms with Gasteiger partial charge < -0.3 is 15.7 Å². The Kier molecular flexibility index (Phi) is 6.29. The maximum Gasteiger partial charge on any atom is 0.416 e. The van der Waals surface area contributed by atoms with E-state index in [2.05, 4.69) is 15.6 Å². The molecule has 0 spiro atoms. The molecule has 1 heterocycles. The fraction of sp³-hybridized carbons (Fsp3) is 0.235. The molecule has 0 fully saturated rings. The van der Waals surface area contributed by atoms with Crippen molar-refractivity contribution in [3.05, 3.63) is 65.5 Å². The number of nitrogens with zero attached hydrogens (tertiary/aromatic N) is 1. The third-order valence-corrected chi connectivity index (χ3v) is 3.49. The molecule has 0 aliphatic rings. The highest BCUT2D eigenvalue weighted by Crippen LogP contribution is 2.29. The van der Waals surface area contributed by atoms with E-state index in [1.807, 2.05) is 0 Å². The molecular formula is C17H16F3N3O3. The van der Waals surface area contributed by atoms with Gasteiger partial charge in [0.05, 0.1) is 12.2 Å². The highest BCUT2D eigenvalue weighted by atomic mass is 19.4. The first kappa shape index (κ1) is 19.4. The molecule has 0 radical (unpaired) electrons. The minimum Gasteiger partial charge on any atom is -0.394 e. The predicted molar refractivity (Wildman–Crippen MR) is 85.9 cm³/mol. The van der Waals surface area contributed by atoms with Gasteiger partial charge in [-0.25, -0.2) is 0 Å². The Labute approximate surface area is 147 Å². The van der Waals surface area contributed by atoms with Gasteiger partial charge in [0.15, 0.2) is 0 Å². The molecule has 0 saturated heterocycles. The van der Waals surface area contributed by atoms with Crippen molar-refractivity contribution in [1.29, 1.82) is 0 Å². The number of hydrogen-bond acceptors (Lipinski definition) is 4. The lowest BCUT2D eigenvalue weighted by molar-refractivity contribution is -0.137. The second kappa shape index (κ2) is 8.43. The van der Waals surface area contributed by atoms with Crippen LogP contribution in [0.15, 0.2) is 48.8 Å². The molecule has 26 heavy (non-hydrogen) atoms. The summed E-state index contributed by atoms with van der Waals surface area (Å²) in [6, 6.07) is 6.02. The van der Waals surface area contributed by atoms with Gasteiger partial charge in [-0.15, -0.1) is 0 Å². The van der Waals surface area contributed by atoms with Gasteiger partial charge in [-0.05, 0) is 29.8 Å². The van der Waals surface area contributed by atoms with Crippen LogP contribution in [0.4, 0.5) is 13.2 Å². The molecule has 1 aromatic carbocycles. The number of nitrogens with one attached hydrogen (secondary N) is 2. The SMILES string of the molecule is O=C(NC(CO)C(=O)NCc1ccc(C(F)(F)F)cc1)c1ccncc1. The molecule has 2 aromatic rings. The number of alkyl halides is 3. The Morgan fingerprint density at radius 3 is 2.23 bits per heavy atom.